The van der Waals surface area contributed by atoms with Crippen molar-refractivity contribution in [1.29, 1.82) is 0 Å². The van der Waals surface area contributed by atoms with E-state index in [1.807, 2.05) is 66.7 Å². The molecule has 0 radical (unpaired) electrons. The fraction of sp³-hybridized carbons (Fsp3) is 0.235. The molecule has 0 aliphatic carbocycles. The van der Waals surface area contributed by atoms with Crippen molar-refractivity contribution in [2.75, 3.05) is 20.3 Å². The van der Waals surface area contributed by atoms with E-state index in [0.717, 1.165) is 15.6 Å². The van der Waals surface area contributed by atoms with Crippen LogP contribution in [0.5, 0.6) is 11.5 Å². The summed E-state index contributed by atoms with van der Waals surface area (Å²) >= 11 is 3.65. The van der Waals surface area contributed by atoms with Gasteiger partial charge >= 0.3 is 0 Å². The Kier molecular flexibility index (Phi) is 10.4. The fourth-order valence-corrected chi connectivity index (χ4v) is 5.54. The average Bonchev–Trinajstić information content (AvgIpc) is 3.46. The molecule has 0 unspecified atom stereocenters. The third-order valence-electron chi connectivity index (χ3n) is 7.43. The lowest BCUT2D eigenvalue weighted by Crippen LogP contribution is -2.49. The first-order valence-corrected chi connectivity index (χ1v) is 15.2. The minimum atomic E-state index is -1.48. The molecule has 0 aromatic heterocycles. The molecule has 11 heteroatoms. The highest BCUT2D eigenvalue weighted by atomic mass is 79.9. The van der Waals surface area contributed by atoms with Crippen LogP contribution in [0.4, 0.5) is 5.69 Å². The van der Waals surface area contributed by atoms with Crippen LogP contribution in [-0.4, -0.2) is 42.8 Å². The molecule has 2 atom stereocenters. The Morgan fingerprint density at radius 3 is 2.47 bits per heavy atom. The monoisotopic (exact) mass is 669 g/mol. The van der Waals surface area contributed by atoms with Gasteiger partial charge in [0.2, 0.25) is 5.90 Å². The smallest absolute Gasteiger partial charge is 0.252 e. The summed E-state index contributed by atoms with van der Waals surface area (Å²) in [5.74, 6) is 1.26. The number of amides is 1. The molecule has 1 aliphatic rings. The van der Waals surface area contributed by atoms with Crippen LogP contribution in [0, 0.1) is 0 Å². The van der Waals surface area contributed by atoms with Crippen molar-refractivity contribution >= 4 is 33.4 Å². The standard InChI is InChI=1S/C34H32BrN5O5/c1-43-26-15-11-23(12-16-26)22-37-33(42)34(21-25-7-2-4-9-29(25)35)31(28-8-3-5-10-30(28)39-40-36)45-32(38-34)24-13-17-27(18-14-24)44-20-6-19-41/h2-5,7-18,31,41H,6,19-22H2,1H3,(H,37,42)/t31-,34-/m1/s1. The number of hydrogen-bond donors (Lipinski definition) is 2. The van der Waals surface area contributed by atoms with Crippen LogP contribution in [0.15, 0.2) is 112 Å². The molecule has 0 saturated carbocycles. The molecule has 0 saturated heterocycles. The van der Waals surface area contributed by atoms with E-state index in [1.54, 1.807) is 37.4 Å². The van der Waals surface area contributed by atoms with Gasteiger partial charge in [-0.05, 0) is 59.1 Å². The number of aliphatic imine (C=N–C) groups is 1. The summed E-state index contributed by atoms with van der Waals surface area (Å²) in [5.41, 5.74) is 11.1. The van der Waals surface area contributed by atoms with E-state index >= 15 is 0 Å². The zero-order chi connectivity index (χ0) is 31.6. The molecule has 0 bridgehead atoms. The molecule has 0 fully saturated rings. The van der Waals surface area contributed by atoms with E-state index in [1.165, 1.54) is 0 Å². The second-order valence-corrected chi connectivity index (χ2v) is 11.2. The van der Waals surface area contributed by atoms with Gasteiger partial charge in [0.1, 0.15) is 11.5 Å². The first-order chi connectivity index (χ1) is 22.0. The van der Waals surface area contributed by atoms with Crippen LogP contribution in [0.2, 0.25) is 0 Å². The number of carbonyl (C=O) groups is 1. The van der Waals surface area contributed by atoms with Crippen LogP contribution >= 0.6 is 15.9 Å². The van der Waals surface area contributed by atoms with Crippen LogP contribution in [0.3, 0.4) is 0 Å². The van der Waals surface area contributed by atoms with Gasteiger partial charge in [-0.1, -0.05) is 75.6 Å². The highest BCUT2D eigenvalue weighted by Gasteiger charge is 2.54. The predicted molar refractivity (Wildman–Crippen MR) is 175 cm³/mol. The zero-order valence-corrected chi connectivity index (χ0v) is 26.2. The largest absolute Gasteiger partial charge is 0.497 e. The highest BCUT2D eigenvalue weighted by Crippen LogP contribution is 2.46. The summed E-state index contributed by atoms with van der Waals surface area (Å²) in [6.45, 7) is 0.673. The highest BCUT2D eigenvalue weighted by molar-refractivity contribution is 9.10. The van der Waals surface area contributed by atoms with Gasteiger partial charge in [-0.2, -0.15) is 0 Å². The van der Waals surface area contributed by atoms with E-state index in [4.69, 9.17) is 24.3 Å². The number of nitrogens with zero attached hydrogens (tertiary/aromatic N) is 4. The zero-order valence-electron chi connectivity index (χ0n) is 24.6. The fourth-order valence-electron chi connectivity index (χ4n) is 5.12. The Hall–Kier alpha value is -4.83. The molecule has 45 heavy (non-hydrogen) atoms. The molecule has 1 amide bonds. The van der Waals surface area contributed by atoms with E-state index in [0.29, 0.717) is 41.3 Å². The lowest BCUT2D eigenvalue weighted by molar-refractivity contribution is -0.129. The SMILES string of the molecule is COc1ccc(CNC(=O)[C@]2(Cc3ccccc3Br)N=C(c3ccc(OCCCO)cc3)O[C@@H]2c2ccccc2N=[N+]=[N-])cc1. The predicted octanol–water partition coefficient (Wildman–Crippen LogP) is 6.98. The number of carbonyl (C=O) groups excluding carboxylic acids is 1. The second kappa shape index (κ2) is 14.8. The van der Waals surface area contributed by atoms with Crippen molar-refractivity contribution in [3.8, 4) is 11.5 Å². The molecule has 1 heterocycles. The van der Waals surface area contributed by atoms with Gasteiger partial charge < -0.3 is 24.6 Å². The van der Waals surface area contributed by atoms with Gasteiger partial charge in [0.05, 0.1) is 13.7 Å². The van der Waals surface area contributed by atoms with Crippen molar-refractivity contribution in [2.24, 2.45) is 10.1 Å². The van der Waals surface area contributed by atoms with Crippen molar-refractivity contribution in [3.63, 3.8) is 0 Å². The number of nitrogens with one attached hydrogen (secondary N) is 1. The molecule has 230 valence electrons. The average molecular weight is 671 g/mol. The van der Waals surface area contributed by atoms with E-state index < -0.39 is 11.6 Å². The molecule has 0 spiro atoms. The molecule has 10 nitrogen and oxygen atoms in total. The lowest BCUT2D eigenvalue weighted by atomic mass is 9.81. The van der Waals surface area contributed by atoms with E-state index in [2.05, 4.69) is 31.3 Å². The number of hydrogen-bond acceptors (Lipinski definition) is 7. The number of aliphatic hydroxyl groups is 1. The summed E-state index contributed by atoms with van der Waals surface area (Å²) < 4.78 is 18.4. The Labute approximate surface area is 269 Å². The number of rotatable bonds is 13. The second-order valence-electron chi connectivity index (χ2n) is 10.3. The first kappa shape index (κ1) is 31.6. The number of azide groups is 1. The van der Waals surface area contributed by atoms with Gasteiger partial charge in [0, 0.05) is 52.2 Å². The minimum Gasteiger partial charge on any atom is -0.497 e. The molecule has 4 aromatic carbocycles. The van der Waals surface area contributed by atoms with Crippen molar-refractivity contribution < 1.29 is 24.1 Å². The molecular formula is C34H32BrN5O5. The van der Waals surface area contributed by atoms with Gasteiger partial charge in [0.15, 0.2) is 11.6 Å². The quantitative estimate of drug-likeness (QED) is 0.0685. The van der Waals surface area contributed by atoms with Crippen molar-refractivity contribution in [3.05, 3.63) is 134 Å². The number of aliphatic hydroxyl groups excluding tert-OH is 1. The Balaban J connectivity index is 1.59. The van der Waals surface area contributed by atoms with Gasteiger partial charge in [-0.25, -0.2) is 4.99 Å². The Morgan fingerprint density at radius 1 is 1.04 bits per heavy atom. The number of methoxy groups -OCH3 is 1. The number of benzene rings is 4. The van der Waals surface area contributed by atoms with E-state index in [-0.39, 0.29) is 31.4 Å². The molecule has 2 N–H and O–H groups in total. The lowest BCUT2D eigenvalue weighted by Gasteiger charge is -2.31. The van der Waals surface area contributed by atoms with Crippen LogP contribution in [-0.2, 0) is 22.5 Å². The minimum absolute atomic E-state index is 0.0432. The summed E-state index contributed by atoms with van der Waals surface area (Å²) in [5, 5.41) is 16.1. The maximum absolute atomic E-state index is 14.5. The Bertz CT molecular complexity index is 1710. The van der Waals surface area contributed by atoms with Gasteiger partial charge in [-0.3, -0.25) is 4.79 Å². The van der Waals surface area contributed by atoms with Gasteiger partial charge in [-0.15, -0.1) is 0 Å². The summed E-state index contributed by atoms with van der Waals surface area (Å²) in [4.78, 5) is 22.6. The summed E-state index contributed by atoms with van der Waals surface area (Å²) in [6.07, 6.45) is -0.227. The first-order valence-electron chi connectivity index (χ1n) is 14.4. The third kappa shape index (κ3) is 7.29. The van der Waals surface area contributed by atoms with E-state index in [9.17, 15) is 10.3 Å². The van der Waals surface area contributed by atoms with Crippen molar-refractivity contribution in [2.45, 2.75) is 31.0 Å². The number of ether oxygens (including phenoxy) is 3. The van der Waals surface area contributed by atoms with Crippen LogP contribution in [0.25, 0.3) is 10.4 Å². The summed E-state index contributed by atoms with van der Waals surface area (Å²) in [6, 6.07) is 29.4. The maximum atomic E-state index is 14.5. The van der Waals surface area contributed by atoms with Gasteiger partial charge in [0.25, 0.3) is 5.91 Å². The maximum Gasteiger partial charge on any atom is 0.252 e. The van der Waals surface area contributed by atoms with Crippen LogP contribution < -0.4 is 14.8 Å². The molecule has 5 rings (SSSR count). The molecule has 4 aromatic rings. The van der Waals surface area contributed by atoms with Crippen molar-refractivity contribution in [1.82, 2.24) is 5.32 Å². The number of halogens is 1. The van der Waals surface area contributed by atoms with Crippen LogP contribution in [0.1, 0.15) is 34.8 Å². The third-order valence-corrected chi connectivity index (χ3v) is 8.21. The molecule has 1 aliphatic heterocycles. The normalized spacial score (nSPS) is 17.0. The topological polar surface area (TPSA) is 138 Å². The molecular weight excluding hydrogens is 638 g/mol. The summed E-state index contributed by atoms with van der Waals surface area (Å²) in [7, 11) is 1.60. The Morgan fingerprint density at radius 2 is 1.76 bits per heavy atom.